The van der Waals surface area contributed by atoms with Crippen molar-refractivity contribution in [3.63, 3.8) is 0 Å². The molecule has 0 unspecified atom stereocenters. The molecule has 2 aromatic carbocycles. The van der Waals surface area contributed by atoms with Gasteiger partial charge in [-0.3, -0.25) is 4.79 Å². The molecule has 0 aliphatic rings. The van der Waals surface area contributed by atoms with Crippen LogP contribution in [0.5, 0.6) is 5.75 Å². The van der Waals surface area contributed by atoms with E-state index in [1.54, 1.807) is 18.9 Å². The average Bonchev–Trinajstić information content (AvgIpc) is 3.61. The highest BCUT2D eigenvalue weighted by molar-refractivity contribution is 7.99. The number of thioether (sulfide) groups is 1. The molecular formula is C31H39N5O2S. The highest BCUT2D eigenvalue weighted by Crippen LogP contribution is 2.18. The number of methoxy groups -OCH3 is 1. The van der Waals surface area contributed by atoms with Crippen LogP contribution in [0.1, 0.15) is 78.3 Å². The van der Waals surface area contributed by atoms with E-state index in [1.807, 2.05) is 61.1 Å². The summed E-state index contributed by atoms with van der Waals surface area (Å²) in [5.41, 5.74) is 4.86. The zero-order valence-electron chi connectivity index (χ0n) is 23.0. The van der Waals surface area contributed by atoms with Gasteiger partial charge in [-0.1, -0.05) is 75.1 Å². The Bertz CT molecular complexity index is 1280. The van der Waals surface area contributed by atoms with Crippen molar-refractivity contribution in [2.75, 3.05) is 12.9 Å². The maximum Gasteiger partial charge on any atom is 0.251 e. The molecule has 0 fully saturated rings. The minimum absolute atomic E-state index is 0.0913. The Balaban J connectivity index is 1.19. The van der Waals surface area contributed by atoms with Crippen molar-refractivity contribution in [1.82, 2.24) is 24.8 Å². The summed E-state index contributed by atoms with van der Waals surface area (Å²) < 4.78 is 7.24. The van der Waals surface area contributed by atoms with Gasteiger partial charge in [0.2, 0.25) is 0 Å². The molecule has 39 heavy (non-hydrogen) atoms. The fourth-order valence-electron chi connectivity index (χ4n) is 4.33. The van der Waals surface area contributed by atoms with Gasteiger partial charge in [0.15, 0.2) is 5.16 Å². The number of imidazole rings is 2. The number of ether oxygens (including phenoxy) is 1. The van der Waals surface area contributed by atoms with Crippen molar-refractivity contribution in [2.24, 2.45) is 0 Å². The SMILES string of the molecule is CCCCCCCCSc1ncc(Cc2cn(Cc3ccc(C(=O)NCc4ccc(OC)cc4)cc3)cn2)[nH]1. The Morgan fingerprint density at radius 2 is 1.72 bits per heavy atom. The van der Waals surface area contributed by atoms with Crippen LogP contribution < -0.4 is 10.1 Å². The first-order valence-electron chi connectivity index (χ1n) is 13.8. The molecule has 0 spiro atoms. The zero-order chi connectivity index (χ0) is 27.3. The third-order valence-electron chi connectivity index (χ3n) is 6.59. The summed E-state index contributed by atoms with van der Waals surface area (Å²) >= 11 is 1.80. The number of hydrogen-bond acceptors (Lipinski definition) is 5. The van der Waals surface area contributed by atoms with E-state index in [-0.39, 0.29) is 5.91 Å². The van der Waals surface area contributed by atoms with Crippen LogP contribution in [0.15, 0.2) is 72.4 Å². The summed E-state index contributed by atoms with van der Waals surface area (Å²) in [6, 6.07) is 15.4. The van der Waals surface area contributed by atoms with Gasteiger partial charge in [0.1, 0.15) is 5.75 Å². The Hall–Kier alpha value is -3.52. The van der Waals surface area contributed by atoms with Crippen molar-refractivity contribution in [3.05, 3.63) is 95.3 Å². The molecular weight excluding hydrogens is 506 g/mol. The van der Waals surface area contributed by atoms with Gasteiger partial charge in [-0.15, -0.1) is 0 Å². The minimum Gasteiger partial charge on any atom is -0.497 e. The molecule has 0 atom stereocenters. The molecule has 0 aliphatic carbocycles. The van der Waals surface area contributed by atoms with Crippen LogP contribution >= 0.6 is 11.8 Å². The smallest absolute Gasteiger partial charge is 0.251 e. The second-order valence-electron chi connectivity index (χ2n) is 9.77. The number of benzene rings is 2. The number of nitrogens with one attached hydrogen (secondary N) is 2. The van der Waals surface area contributed by atoms with Crippen molar-refractivity contribution in [3.8, 4) is 5.75 Å². The van der Waals surface area contributed by atoms with Crippen LogP contribution in [0.25, 0.3) is 0 Å². The molecule has 2 heterocycles. The Labute approximate surface area is 235 Å². The van der Waals surface area contributed by atoms with Crippen LogP contribution in [0.4, 0.5) is 0 Å². The van der Waals surface area contributed by atoms with Crippen LogP contribution in [0, 0.1) is 0 Å². The molecule has 4 aromatic rings. The zero-order valence-corrected chi connectivity index (χ0v) is 23.8. The number of aromatic amines is 1. The number of unbranched alkanes of at least 4 members (excludes halogenated alkanes) is 5. The van der Waals surface area contributed by atoms with Gasteiger partial charge in [-0.2, -0.15) is 0 Å². The van der Waals surface area contributed by atoms with E-state index in [0.29, 0.717) is 18.7 Å². The van der Waals surface area contributed by atoms with Gasteiger partial charge >= 0.3 is 0 Å². The van der Waals surface area contributed by atoms with Crippen molar-refractivity contribution in [1.29, 1.82) is 0 Å². The van der Waals surface area contributed by atoms with Gasteiger partial charge < -0.3 is 19.6 Å². The number of hydrogen-bond donors (Lipinski definition) is 2. The second kappa shape index (κ2) is 15.2. The molecule has 0 aliphatic heterocycles. The number of amides is 1. The Morgan fingerprint density at radius 3 is 2.49 bits per heavy atom. The van der Waals surface area contributed by atoms with Gasteiger partial charge in [-0.25, -0.2) is 9.97 Å². The van der Waals surface area contributed by atoms with Gasteiger partial charge in [-0.05, 0) is 41.8 Å². The summed E-state index contributed by atoms with van der Waals surface area (Å²) in [6.45, 7) is 3.42. The van der Waals surface area contributed by atoms with E-state index in [4.69, 9.17) is 4.74 Å². The summed E-state index contributed by atoms with van der Waals surface area (Å²) in [5, 5.41) is 3.96. The van der Waals surface area contributed by atoms with Crippen LogP contribution in [-0.2, 0) is 19.5 Å². The molecule has 206 valence electrons. The van der Waals surface area contributed by atoms with Crippen molar-refractivity contribution < 1.29 is 9.53 Å². The number of carbonyl (C=O) groups is 1. The molecule has 1 amide bonds. The number of carbonyl (C=O) groups excluding carboxylic acids is 1. The molecule has 0 radical (unpaired) electrons. The van der Waals surface area contributed by atoms with Crippen LogP contribution in [0.2, 0.25) is 0 Å². The van der Waals surface area contributed by atoms with E-state index >= 15 is 0 Å². The standard InChI is InChI=1S/C31H39N5O2S/c1-3-4-5-6-7-8-17-39-31-33-20-27(35-31)18-28-22-36(23-34-28)21-25-9-13-26(14-10-25)30(37)32-19-24-11-15-29(38-2)16-12-24/h9-16,20,22-23H,3-8,17-19,21H2,1-2H3,(H,32,37)(H,33,35). The second-order valence-corrected chi connectivity index (χ2v) is 10.9. The molecule has 7 nitrogen and oxygen atoms in total. The molecule has 8 heteroatoms. The van der Waals surface area contributed by atoms with Crippen molar-refractivity contribution in [2.45, 2.75) is 70.1 Å². The monoisotopic (exact) mass is 545 g/mol. The summed E-state index contributed by atoms with van der Waals surface area (Å²) in [5.74, 6) is 1.82. The lowest BCUT2D eigenvalue weighted by atomic mass is 10.1. The van der Waals surface area contributed by atoms with Gasteiger partial charge in [0.25, 0.3) is 5.91 Å². The van der Waals surface area contributed by atoms with E-state index < -0.39 is 0 Å². The van der Waals surface area contributed by atoms with E-state index in [9.17, 15) is 4.79 Å². The van der Waals surface area contributed by atoms with E-state index in [1.165, 1.54) is 38.5 Å². The third kappa shape index (κ3) is 9.32. The molecule has 2 aromatic heterocycles. The summed E-state index contributed by atoms with van der Waals surface area (Å²) in [4.78, 5) is 25.1. The maximum absolute atomic E-state index is 12.6. The summed E-state index contributed by atoms with van der Waals surface area (Å²) in [6.07, 6.45) is 14.5. The largest absolute Gasteiger partial charge is 0.497 e. The lowest BCUT2D eigenvalue weighted by Gasteiger charge is -2.08. The average molecular weight is 546 g/mol. The predicted molar refractivity (Wildman–Crippen MR) is 157 cm³/mol. The minimum atomic E-state index is -0.0913. The highest BCUT2D eigenvalue weighted by Gasteiger charge is 2.08. The first-order chi connectivity index (χ1) is 19.1. The number of nitrogens with zero attached hydrogens (tertiary/aromatic N) is 3. The van der Waals surface area contributed by atoms with Gasteiger partial charge in [0.05, 0.1) is 19.1 Å². The topological polar surface area (TPSA) is 84.8 Å². The maximum atomic E-state index is 12.6. The number of H-pyrrole nitrogens is 1. The van der Waals surface area contributed by atoms with Crippen molar-refractivity contribution >= 4 is 17.7 Å². The Morgan fingerprint density at radius 1 is 0.974 bits per heavy atom. The number of aromatic nitrogens is 4. The normalized spacial score (nSPS) is 11.0. The lowest BCUT2D eigenvalue weighted by molar-refractivity contribution is 0.0951. The third-order valence-corrected chi connectivity index (χ3v) is 7.57. The fourth-order valence-corrected chi connectivity index (χ4v) is 5.20. The number of rotatable bonds is 16. The molecule has 4 rings (SSSR count). The Kier molecular flexibility index (Phi) is 11.1. The summed E-state index contributed by atoms with van der Waals surface area (Å²) in [7, 11) is 1.64. The molecule has 0 bridgehead atoms. The van der Waals surface area contributed by atoms with E-state index in [2.05, 4.69) is 38.0 Å². The first kappa shape index (κ1) is 28.5. The predicted octanol–water partition coefficient (Wildman–Crippen LogP) is 6.64. The van der Waals surface area contributed by atoms with Gasteiger partial charge in [0, 0.05) is 48.9 Å². The fraction of sp³-hybridized carbons (Fsp3) is 0.387. The molecule has 0 saturated carbocycles. The van der Waals surface area contributed by atoms with Crippen LogP contribution in [0.3, 0.4) is 0 Å². The van der Waals surface area contributed by atoms with E-state index in [0.717, 1.165) is 45.6 Å². The highest BCUT2D eigenvalue weighted by atomic mass is 32.2. The quantitative estimate of drug-likeness (QED) is 0.122. The van der Waals surface area contributed by atoms with Crippen LogP contribution in [-0.4, -0.2) is 38.3 Å². The first-order valence-corrected chi connectivity index (χ1v) is 14.8. The molecule has 2 N–H and O–H groups in total. The lowest BCUT2D eigenvalue weighted by Crippen LogP contribution is -2.22. The molecule has 0 saturated heterocycles.